The molecule has 0 amide bonds. The van der Waals surface area contributed by atoms with Crippen LogP contribution in [0.4, 0.5) is 5.69 Å². The molecule has 0 aliphatic rings. The van der Waals surface area contributed by atoms with Gasteiger partial charge in [-0.3, -0.25) is 0 Å². The van der Waals surface area contributed by atoms with Crippen LogP contribution in [-0.2, 0) is 0 Å². The van der Waals surface area contributed by atoms with E-state index in [-0.39, 0.29) is 14.5 Å². The van der Waals surface area contributed by atoms with Gasteiger partial charge in [-0.25, -0.2) is 0 Å². The van der Waals surface area contributed by atoms with Crippen LogP contribution in [0.2, 0.25) is 0 Å². The molecule has 0 bridgehead atoms. The van der Waals surface area contributed by atoms with Crippen molar-refractivity contribution in [3.05, 3.63) is 77.9 Å². The summed E-state index contributed by atoms with van der Waals surface area (Å²) in [6.07, 6.45) is 0. The molecule has 0 fully saturated rings. The van der Waals surface area contributed by atoms with E-state index >= 15 is 0 Å². The van der Waals surface area contributed by atoms with E-state index in [1.165, 1.54) is 25.0 Å². The SMILES string of the molecule is COc1ccc2c(C#Cc3ccc(N(C)C)cc3)c3ccccc3[se+]c2c1. The average Bonchev–Trinajstić information content (AvgIpc) is 2.71. The Kier molecular flexibility index (Phi) is 4.86. The summed E-state index contributed by atoms with van der Waals surface area (Å²) >= 11 is 0.263. The Hall–Kier alpha value is -2.79. The standard InChI is InChI=1S/C24H20NOSe/c1-25(2)18-11-8-17(9-12-18)10-14-20-21-6-4-5-7-23(21)27-24-16-19(26-3)13-15-22(20)24/h4-9,11-13,15-16H,1-3H3/q+1. The van der Waals surface area contributed by atoms with E-state index in [0.717, 1.165) is 16.9 Å². The molecule has 0 unspecified atom stereocenters. The van der Waals surface area contributed by atoms with Crippen molar-refractivity contribution in [2.24, 2.45) is 0 Å². The Balaban J connectivity index is 1.89. The van der Waals surface area contributed by atoms with Gasteiger partial charge in [-0.2, -0.15) is 0 Å². The zero-order chi connectivity index (χ0) is 18.8. The zero-order valence-corrected chi connectivity index (χ0v) is 17.3. The van der Waals surface area contributed by atoms with Crippen LogP contribution in [0, 0.1) is 11.8 Å². The number of hydrogen-bond acceptors (Lipinski definition) is 2. The molecule has 0 radical (unpaired) electrons. The maximum atomic E-state index is 5.42. The summed E-state index contributed by atoms with van der Waals surface area (Å²) in [5.74, 6) is 7.72. The maximum absolute atomic E-state index is 5.42. The molecular formula is C24H20NOSe+. The third-order valence-electron chi connectivity index (χ3n) is 4.55. The van der Waals surface area contributed by atoms with E-state index in [1.807, 2.05) is 20.2 Å². The van der Waals surface area contributed by atoms with Crippen molar-refractivity contribution in [3.8, 4) is 17.6 Å². The van der Waals surface area contributed by atoms with E-state index in [4.69, 9.17) is 4.74 Å². The molecule has 27 heavy (non-hydrogen) atoms. The fourth-order valence-electron chi connectivity index (χ4n) is 3.06. The van der Waals surface area contributed by atoms with Gasteiger partial charge in [-0.05, 0) is 0 Å². The fourth-order valence-corrected chi connectivity index (χ4v) is 5.41. The molecule has 0 saturated carbocycles. The van der Waals surface area contributed by atoms with Gasteiger partial charge in [0.25, 0.3) is 0 Å². The van der Waals surface area contributed by atoms with Gasteiger partial charge >= 0.3 is 166 Å². The van der Waals surface area contributed by atoms with Crippen molar-refractivity contribution in [1.82, 2.24) is 0 Å². The van der Waals surface area contributed by atoms with Crippen LogP contribution >= 0.6 is 0 Å². The topological polar surface area (TPSA) is 12.5 Å². The normalized spacial score (nSPS) is 10.5. The molecular weight excluding hydrogens is 397 g/mol. The fraction of sp³-hybridized carbons (Fsp3) is 0.125. The quantitative estimate of drug-likeness (QED) is 0.264. The molecule has 0 aliphatic carbocycles. The van der Waals surface area contributed by atoms with Crippen molar-refractivity contribution in [3.63, 3.8) is 0 Å². The number of hydrogen-bond donors (Lipinski definition) is 0. The summed E-state index contributed by atoms with van der Waals surface area (Å²) in [5.41, 5.74) is 3.31. The van der Waals surface area contributed by atoms with Gasteiger partial charge in [0.1, 0.15) is 0 Å². The van der Waals surface area contributed by atoms with Crippen LogP contribution in [-0.4, -0.2) is 35.7 Å². The predicted molar refractivity (Wildman–Crippen MR) is 116 cm³/mol. The number of anilines is 1. The molecule has 2 nitrogen and oxygen atoms in total. The van der Waals surface area contributed by atoms with E-state index in [2.05, 4.69) is 77.4 Å². The summed E-state index contributed by atoms with van der Waals surface area (Å²) in [7, 11) is 5.80. The molecule has 0 saturated heterocycles. The molecule has 3 heteroatoms. The van der Waals surface area contributed by atoms with E-state index in [1.54, 1.807) is 7.11 Å². The first-order chi connectivity index (χ1) is 13.2. The molecule has 0 N–H and O–H groups in total. The van der Waals surface area contributed by atoms with E-state index in [9.17, 15) is 0 Å². The Morgan fingerprint density at radius 3 is 2.30 bits per heavy atom. The average molecular weight is 417 g/mol. The van der Waals surface area contributed by atoms with Crippen molar-refractivity contribution in [1.29, 1.82) is 0 Å². The summed E-state index contributed by atoms with van der Waals surface area (Å²) in [6, 6.07) is 23.3. The summed E-state index contributed by atoms with van der Waals surface area (Å²) in [5, 5.41) is 2.49. The number of rotatable bonds is 2. The summed E-state index contributed by atoms with van der Waals surface area (Å²) in [4.78, 5) is 2.09. The molecule has 1 aromatic heterocycles. The van der Waals surface area contributed by atoms with Gasteiger partial charge in [0, 0.05) is 0 Å². The minimum absolute atomic E-state index is 0.263. The molecule has 0 atom stereocenters. The van der Waals surface area contributed by atoms with Crippen molar-refractivity contribution in [2.75, 3.05) is 26.1 Å². The van der Waals surface area contributed by atoms with Crippen LogP contribution in [0.1, 0.15) is 11.1 Å². The van der Waals surface area contributed by atoms with E-state index < -0.39 is 0 Å². The van der Waals surface area contributed by atoms with Gasteiger partial charge in [0.2, 0.25) is 0 Å². The Morgan fingerprint density at radius 2 is 1.56 bits per heavy atom. The second-order valence-electron chi connectivity index (χ2n) is 6.53. The van der Waals surface area contributed by atoms with Crippen LogP contribution in [0.3, 0.4) is 0 Å². The molecule has 132 valence electrons. The van der Waals surface area contributed by atoms with Gasteiger partial charge < -0.3 is 0 Å². The molecule has 3 aromatic carbocycles. The van der Waals surface area contributed by atoms with Gasteiger partial charge in [-0.1, -0.05) is 0 Å². The second-order valence-corrected chi connectivity index (χ2v) is 8.80. The van der Waals surface area contributed by atoms with E-state index in [0.29, 0.717) is 0 Å². The van der Waals surface area contributed by atoms with Crippen LogP contribution in [0.25, 0.3) is 19.3 Å². The van der Waals surface area contributed by atoms with Gasteiger partial charge in [0.05, 0.1) is 0 Å². The van der Waals surface area contributed by atoms with Crippen LogP contribution in [0.15, 0.2) is 66.7 Å². The Bertz CT molecular complexity index is 1180. The van der Waals surface area contributed by atoms with Crippen molar-refractivity contribution >= 4 is 39.5 Å². The Labute approximate surface area is 165 Å². The third-order valence-corrected chi connectivity index (χ3v) is 6.93. The number of ether oxygens (including phenoxy) is 1. The number of benzene rings is 3. The number of nitrogens with zero attached hydrogens (tertiary/aromatic N) is 1. The molecule has 0 spiro atoms. The third kappa shape index (κ3) is 3.55. The Morgan fingerprint density at radius 1 is 0.815 bits per heavy atom. The molecule has 4 rings (SSSR count). The monoisotopic (exact) mass is 418 g/mol. The van der Waals surface area contributed by atoms with Gasteiger partial charge in [-0.15, -0.1) is 0 Å². The van der Waals surface area contributed by atoms with Crippen LogP contribution < -0.4 is 9.64 Å². The first kappa shape index (κ1) is 17.6. The van der Waals surface area contributed by atoms with Gasteiger partial charge in [0.15, 0.2) is 0 Å². The number of fused-ring (bicyclic) bond motifs is 2. The van der Waals surface area contributed by atoms with Crippen molar-refractivity contribution < 1.29 is 4.74 Å². The first-order valence-electron chi connectivity index (χ1n) is 8.78. The summed E-state index contributed by atoms with van der Waals surface area (Å²) < 4.78 is 8.12. The zero-order valence-electron chi connectivity index (χ0n) is 15.6. The second kappa shape index (κ2) is 7.45. The molecule has 0 aliphatic heterocycles. The predicted octanol–water partition coefficient (Wildman–Crippen LogP) is 4.81. The summed E-state index contributed by atoms with van der Waals surface area (Å²) in [6.45, 7) is 0. The molecule has 1 heterocycles. The minimum atomic E-state index is 0.263. The van der Waals surface area contributed by atoms with Crippen LogP contribution in [0.5, 0.6) is 5.75 Å². The first-order valence-corrected chi connectivity index (χ1v) is 10.5. The molecule has 4 aromatic rings. The number of methoxy groups -OCH3 is 1. The van der Waals surface area contributed by atoms with Crippen molar-refractivity contribution in [2.45, 2.75) is 0 Å².